The lowest BCUT2D eigenvalue weighted by molar-refractivity contribution is 0.0989. The number of benzene rings is 1. The van der Waals surface area contributed by atoms with E-state index in [2.05, 4.69) is 10.1 Å². The molecule has 0 aliphatic heterocycles. The van der Waals surface area contributed by atoms with E-state index in [4.69, 9.17) is 0 Å². The Hall–Kier alpha value is -2.04. The van der Waals surface area contributed by atoms with Crippen LogP contribution >= 0.6 is 0 Å². The highest BCUT2D eigenvalue weighted by Crippen LogP contribution is 2.11. The predicted molar refractivity (Wildman–Crippen MR) is 69.5 cm³/mol. The van der Waals surface area contributed by atoms with Crippen LogP contribution in [0.25, 0.3) is 0 Å². The van der Waals surface area contributed by atoms with E-state index in [1.54, 1.807) is 23.7 Å². The van der Waals surface area contributed by atoms with Gasteiger partial charge in [-0.05, 0) is 25.0 Å². The maximum atomic E-state index is 13.4. The number of rotatable bonds is 5. The second-order valence-electron chi connectivity index (χ2n) is 4.46. The van der Waals surface area contributed by atoms with E-state index in [9.17, 15) is 9.18 Å². The molecule has 0 unspecified atom stereocenters. The standard InChI is InChI=1S/C14H16FN3O/c1-3-6-18-14(16-9-17-18)8-13(19)11-5-4-10(2)12(15)7-11/h4-5,7,9H,3,6,8H2,1-2H3. The molecule has 0 aliphatic carbocycles. The zero-order chi connectivity index (χ0) is 13.8. The van der Waals surface area contributed by atoms with Crippen LogP contribution in [0.4, 0.5) is 4.39 Å². The van der Waals surface area contributed by atoms with E-state index in [1.165, 1.54) is 12.4 Å². The van der Waals surface area contributed by atoms with E-state index in [0.717, 1.165) is 13.0 Å². The van der Waals surface area contributed by atoms with Crippen LogP contribution in [0.5, 0.6) is 0 Å². The van der Waals surface area contributed by atoms with Crippen molar-refractivity contribution >= 4 is 5.78 Å². The van der Waals surface area contributed by atoms with Crippen molar-refractivity contribution in [3.8, 4) is 0 Å². The minimum atomic E-state index is -0.360. The van der Waals surface area contributed by atoms with Crippen molar-refractivity contribution in [3.63, 3.8) is 0 Å². The summed E-state index contributed by atoms with van der Waals surface area (Å²) in [6, 6.07) is 4.53. The first kappa shape index (κ1) is 13.4. The normalized spacial score (nSPS) is 10.7. The van der Waals surface area contributed by atoms with Crippen molar-refractivity contribution in [1.29, 1.82) is 0 Å². The molecule has 1 aromatic heterocycles. The average molecular weight is 261 g/mol. The van der Waals surface area contributed by atoms with Gasteiger partial charge in [0.05, 0.1) is 6.42 Å². The highest BCUT2D eigenvalue weighted by molar-refractivity contribution is 5.97. The van der Waals surface area contributed by atoms with Crippen LogP contribution in [-0.2, 0) is 13.0 Å². The van der Waals surface area contributed by atoms with Gasteiger partial charge in [-0.15, -0.1) is 0 Å². The molecule has 5 heteroatoms. The zero-order valence-electron chi connectivity index (χ0n) is 11.1. The van der Waals surface area contributed by atoms with Gasteiger partial charge in [0, 0.05) is 12.1 Å². The third-order valence-corrected chi connectivity index (χ3v) is 2.94. The molecule has 2 aromatic rings. The van der Waals surface area contributed by atoms with Gasteiger partial charge in [-0.3, -0.25) is 4.79 Å². The lowest BCUT2D eigenvalue weighted by Crippen LogP contribution is -2.11. The number of hydrogen-bond acceptors (Lipinski definition) is 3. The molecule has 19 heavy (non-hydrogen) atoms. The Kier molecular flexibility index (Phi) is 4.04. The SMILES string of the molecule is CCCn1ncnc1CC(=O)c1ccc(C)c(F)c1. The number of hydrogen-bond donors (Lipinski definition) is 0. The minimum Gasteiger partial charge on any atom is -0.294 e. The van der Waals surface area contributed by atoms with Crippen molar-refractivity contribution in [2.75, 3.05) is 0 Å². The Morgan fingerprint density at radius 1 is 1.42 bits per heavy atom. The number of aromatic nitrogens is 3. The summed E-state index contributed by atoms with van der Waals surface area (Å²) in [6.45, 7) is 4.43. The van der Waals surface area contributed by atoms with Gasteiger partial charge in [-0.25, -0.2) is 14.1 Å². The first-order valence-corrected chi connectivity index (χ1v) is 6.28. The molecule has 0 saturated carbocycles. The fourth-order valence-corrected chi connectivity index (χ4v) is 1.84. The number of aryl methyl sites for hydroxylation is 2. The van der Waals surface area contributed by atoms with Gasteiger partial charge in [0.25, 0.3) is 0 Å². The largest absolute Gasteiger partial charge is 0.294 e. The number of carbonyl (C=O) groups excluding carboxylic acids is 1. The third kappa shape index (κ3) is 3.05. The fraction of sp³-hybridized carbons (Fsp3) is 0.357. The number of ketones is 1. The Bertz CT molecular complexity index is 592. The van der Waals surface area contributed by atoms with E-state index < -0.39 is 0 Å². The van der Waals surface area contributed by atoms with E-state index >= 15 is 0 Å². The first-order valence-electron chi connectivity index (χ1n) is 6.28. The summed E-state index contributed by atoms with van der Waals surface area (Å²) in [5, 5.41) is 4.06. The molecule has 0 N–H and O–H groups in total. The van der Waals surface area contributed by atoms with Crippen LogP contribution in [0.1, 0.15) is 35.1 Å². The smallest absolute Gasteiger partial charge is 0.170 e. The van der Waals surface area contributed by atoms with E-state index in [1.807, 2.05) is 6.92 Å². The maximum Gasteiger partial charge on any atom is 0.170 e. The molecule has 1 heterocycles. The molecule has 0 bridgehead atoms. The zero-order valence-corrected chi connectivity index (χ0v) is 11.1. The molecule has 0 amide bonds. The molecular formula is C14H16FN3O. The Morgan fingerprint density at radius 2 is 2.21 bits per heavy atom. The van der Waals surface area contributed by atoms with Gasteiger partial charge in [0.15, 0.2) is 5.78 Å². The molecule has 100 valence electrons. The van der Waals surface area contributed by atoms with Crippen LogP contribution in [0.2, 0.25) is 0 Å². The maximum absolute atomic E-state index is 13.4. The molecule has 0 radical (unpaired) electrons. The van der Waals surface area contributed by atoms with Gasteiger partial charge >= 0.3 is 0 Å². The number of carbonyl (C=O) groups is 1. The van der Waals surface area contributed by atoms with E-state index in [0.29, 0.717) is 17.0 Å². The highest BCUT2D eigenvalue weighted by Gasteiger charge is 2.13. The van der Waals surface area contributed by atoms with Gasteiger partial charge in [0.2, 0.25) is 0 Å². The highest BCUT2D eigenvalue weighted by atomic mass is 19.1. The summed E-state index contributed by atoms with van der Waals surface area (Å²) in [4.78, 5) is 16.2. The molecule has 2 rings (SSSR count). The van der Waals surface area contributed by atoms with E-state index in [-0.39, 0.29) is 18.0 Å². The van der Waals surface area contributed by atoms with Crippen LogP contribution in [0.3, 0.4) is 0 Å². The molecule has 0 fully saturated rings. The summed E-state index contributed by atoms with van der Waals surface area (Å²) >= 11 is 0. The molecule has 0 spiro atoms. The van der Waals surface area contributed by atoms with Crippen LogP contribution in [0, 0.1) is 12.7 Å². The molecule has 0 atom stereocenters. The Labute approximate surface area is 111 Å². The lowest BCUT2D eigenvalue weighted by atomic mass is 10.1. The third-order valence-electron chi connectivity index (χ3n) is 2.94. The molecule has 1 aromatic carbocycles. The monoisotopic (exact) mass is 261 g/mol. The number of halogens is 1. The quantitative estimate of drug-likeness (QED) is 0.777. The summed E-state index contributed by atoms with van der Waals surface area (Å²) in [5.41, 5.74) is 0.903. The van der Waals surface area contributed by atoms with Crippen molar-refractivity contribution in [2.45, 2.75) is 33.2 Å². The second-order valence-corrected chi connectivity index (χ2v) is 4.46. The molecular weight excluding hydrogens is 245 g/mol. The van der Waals surface area contributed by atoms with Crippen molar-refractivity contribution in [3.05, 3.63) is 47.3 Å². The Balaban J connectivity index is 2.16. The second kappa shape index (κ2) is 5.73. The van der Waals surface area contributed by atoms with Gasteiger partial charge in [0.1, 0.15) is 18.0 Å². The van der Waals surface area contributed by atoms with Gasteiger partial charge < -0.3 is 0 Å². The van der Waals surface area contributed by atoms with Crippen molar-refractivity contribution in [2.24, 2.45) is 0 Å². The van der Waals surface area contributed by atoms with Gasteiger partial charge in [-0.2, -0.15) is 5.10 Å². The number of nitrogens with zero attached hydrogens (tertiary/aromatic N) is 3. The topological polar surface area (TPSA) is 47.8 Å². The van der Waals surface area contributed by atoms with Crippen LogP contribution in [-0.4, -0.2) is 20.5 Å². The summed E-state index contributed by atoms with van der Waals surface area (Å²) in [7, 11) is 0. The predicted octanol–water partition coefficient (Wildman–Crippen LogP) is 2.56. The average Bonchev–Trinajstić information content (AvgIpc) is 2.80. The number of Topliss-reactive ketones (excluding diaryl/α,β-unsaturated/α-hetero) is 1. The molecule has 4 nitrogen and oxygen atoms in total. The summed E-state index contributed by atoms with van der Waals surface area (Å²) in [5.74, 6) is 0.109. The lowest BCUT2D eigenvalue weighted by Gasteiger charge is -2.05. The van der Waals surface area contributed by atoms with Crippen molar-refractivity contribution < 1.29 is 9.18 Å². The minimum absolute atomic E-state index is 0.141. The first-order chi connectivity index (χ1) is 9.11. The summed E-state index contributed by atoms with van der Waals surface area (Å²) < 4.78 is 15.1. The molecule has 0 aliphatic rings. The Morgan fingerprint density at radius 3 is 2.89 bits per heavy atom. The van der Waals surface area contributed by atoms with Crippen LogP contribution in [0.15, 0.2) is 24.5 Å². The fourth-order valence-electron chi connectivity index (χ4n) is 1.84. The van der Waals surface area contributed by atoms with Crippen LogP contribution < -0.4 is 0 Å². The van der Waals surface area contributed by atoms with Gasteiger partial charge in [-0.1, -0.05) is 19.1 Å². The molecule has 0 saturated heterocycles. The van der Waals surface area contributed by atoms with Crippen molar-refractivity contribution in [1.82, 2.24) is 14.8 Å². The summed E-state index contributed by atoms with van der Waals surface area (Å²) in [6.07, 6.45) is 2.50.